The van der Waals surface area contributed by atoms with Gasteiger partial charge in [-0.3, -0.25) is 4.98 Å². The van der Waals surface area contributed by atoms with E-state index in [0.717, 1.165) is 24.5 Å². The molecule has 1 aliphatic rings. The van der Waals surface area contributed by atoms with Crippen molar-refractivity contribution in [1.29, 1.82) is 0 Å². The van der Waals surface area contributed by atoms with Gasteiger partial charge in [0.1, 0.15) is 5.82 Å². The normalized spacial score (nSPS) is 19.7. The lowest BCUT2D eigenvalue weighted by Crippen LogP contribution is -2.15. The van der Waals surface area contributed by atoms with E-state index in [1.54, 1.807) is 6.20 Å². The Labute approximate surface area is 101 Å². The van der Waals surface area contributed by atoms with Gasteiger partial charge in [-0.2, -0.15) is 0 Å². The molecule has 0 saturated carbocycles. The van der Waals surface area contributed by atoms with Crippen molar-refractivity contribution in [2.45, 2.75) is 19.4 Å². The zero-order chi connectivity index (χ0) is 11.7. The van der Waals surface area contributed by atoms with Gasteiger partial charge in [-0.1, -0.05) is 0 Å². The summed E-state index contributed by atoms with van der Waals surface area (Å²) in [6.07, 6.45) is 6.78. The first-order chi connectivity index (χ1) is 8.36. The van der Waals surface area contributed by atoms with Crippen LogP contribution in [0.3, 0.4) is 0 Å². The van der Waals surface area contributed by atoms with E-state index in [0.29, 0.717) is 6.04 Å². The maximum absolute atomic E-state index is 4.53. The molecule has 1 fully saturated rings. The Balaban J connectivity index is 2.06. The van der Waals surface area contributed by atoms with Gasteiger partial charge in [0.2, 0.25) is 0 Å². The van der Waals surface area contributed by atoms with E-state index in [9.17, 15) is 0 Å². The predicted octanol–water partition coefficient (Wildman–Crippen LogP) is 1.79. The van der Waals surface area contributed by atoms with Crippen molar-refractivity contribution in [3.05, 3.63) is 36.4 Å². The van der Waals surface area contributed by atoms with Crippen LogP contribution in [0, 0.1) is 6.92 Å². The highest BCUT2D eigenvalue weighted by atomic mass is 15.1. The molecule has 1 saturated heterocycles. The number of nitrogens with zero attached hydrogens (tertiary/aromatic N) is 3. The lowest BCUT2D eigenvalue weighted by Gasteiger charge is -2.16. The predicted molar refractivity (Wildman–Crippen MR) is 66.7 cm³/mol. The topological polar surface area (TPSA) is 42.7 Å². The van der Waals surface area contributed by atoms with Crippen LogP contribution in [0.1, 0.15) is 18.2 Å². The number of imidazole rings is 1. The second-order valence-corrected chi connectivity index (χ2v) is 4.48. The van der Waals surface area contributed by atoms with Crippen molar-refractivity contribution in [2.24, 2.45) is 0 Å². The third-order valence-electron chi connectivity index (χ3n) is 3.30. The molecule has 0 aliphatic carbocycles. The maximum atomic E-state index is 4.53. The number of hydrogen-bond acceptors (Lipinski definition) is 3. The molecule has 17 heavy (non-hydrogen) atoms. The van der Waals surface area contributed by atoms with Gasteiger partial charge in [-0.05, 0) is 32.0 Å². The first kappa shape index (κ1) is 10.5. The summed E-state index contributed by atoms with van der Waals surface area (Å²) in [5.41, 5.74) is 2.31. The van der Waals surface area contributed by atoms with Crippen LogP contribution in [0.2, 0.25) is 0 Å². The van der Waals surface area contributed by atoms with Crippen molar-refractivity contribution < 1.29 is 0 Å². The molecule has 1 aliphatic heterocycles. The third kappa shape index (κ3) is 1.85. The molecular formula is C13H16N4. The minimum absolute atomic E-state index is 0.521. The van der Waals surface area contributed by atoms with E-state index in [4.69, 9.17) is 0 Å². The summed E-state index contributed by atoms with van der Waals surface area (Å²) in [4.78, 5) is 8.69. The molecule has 0 bridgehead atoms. The summed E-state index contributed by atoms with van der Waals surface area (Å²) in [6.45, 7) is 4.24. The smallest absolute Gasteiger partial charge is 0.141 e. The quantitative estimate of drug-likeness (QED) is 0.852. The fourth-order valence-electron chi connectivity index (χ4n) is 2.48. The largest absolute Gasteiger partial charge is 0.324 e. The summed E-state index contributed by atoms with van der Waals surface area (Å²) in [6, 6.07) is 4.54. The van der Waals surface area contributed by atoms with E-state index >= 15 is 0 Å². The highest BCUT2D eigenvalue weighted by Crippen LogP contribution is 2.26. The summed E-state index contributed by atoms with van der Waals surface area (Å²) in [5.74, 6) is 1.03. The van der Waals surface area contributed by atoms with Gasteiger partial charge in [-0.25, -0.2) is 4.98 Å². The highest BCUT2D eigenvalue weighted by Gasteiger charge is 2.21. The monoisotopic (exact) mass is 228 g/mol. The second-order valence-electron chi connectivity index (χ2n) is 4.48. The molecule has 0 radical (unpaired) electrons. The molecule has 2 aromatic heterocycles. The van der Waals surface area contributed by atoms with Crippen LogP contribution < -0.4 is 5.32 Å². The molecular weight excluding hydrogens is 212 g/mol. The van der Waals surface area contributed by atoms with Crippen molar-refractivity contribution in [2.75, 3.05) is 13.1 Å². The van der Waals surface area contributed by atoms with Gasteiger partial charge in [-0.15, -0.1) is 0 Å². The first-order valence-corrected chi connectivity index (χ1v) is 6.01. The van der Waals surface area contributed by atoms with E-state index in [1.807, 2.05) is 18.5 Å². The van der Waals surface area contributed by atoms with Crippen molar-refractivity contribution in [3.8, 4) is 11.4 Å². The number of aromatic nitrogens is 3. The van der Waals surface area contributed by atoms with Gasteiger partial charge in [0, 0.05) is 42.4 Å². The van der Waals surface area contributed by atoms with E-state index in [1.165, 1.54) is 12.1 Å². The van der Waals surface area contributed by atoms with E-state index < -0.39 is 0 Å². The van der Waals surface area contributed by atoms with Crippen LogP contribution in [-0.2, 0) is 0 Å². The standard InChI is InChI=1S/C13H16N4/c1-10-7-16-13(11-3-2-5-14-8-11)17(10)12-4-6-15-9-12/h2-3,5,7-8,12,15H,4,6,9H2,1H3/t12-/m0/s1. The van der Waals surface area contributed by atoms with E-state index in [2.05, 4.69) is 32.8 Å². The Morgan fingerprint density at radius 3 is 3.06 bits per heavy atom. The lowest BCUT2D eigenvalue weighted by atomic mass is 10.2. The minimum Gasteiger partial charge on any atom is -0.324 e. The SMILES string of the molecule is Cc1cnc(-c2cccnc2)n1[C@H]1CCNC1. The molecule has 0 amide bonds. The lowest BCUT2D eigenvalue weighted by molar-refractivity contribution is 0.541. The highest BCUT2D eigenvalue weighted by molar-refractivity contribution is 5.54. The molecule has 0 aromatic carbocycles. The second kappa shape index (κ2) is 4.30. The molecule has 0 spiro atoms. The molecule has 4 heteroatoms. The molecule has 0 unspecified atom stereocenters. The fraction of sp³-hybridized carbons (Fsp3) is 0.385. The van der Waals surface area contributed by atoms with Gasteiger partial charge >= 0.3 is 0 Å². The molecule has 3 rings (SSSR count). The maximum Gasteiger partial charge on any atom is 0.141 e. The number of aryl methyl sites for hydroxylation is 1. The summed E-state index contributed by atoms with van der Waals surface area (Å²) in [7, 11) is 0. The van der Waals surface area contributed by atoms with Crippen molar-refractivity contribution >= 4 is 0 Å². The zero-order valence-electron chi connectivity index (χ0n) is 9.93. The summed E-state index contributed by atoms with van der Waals surface area (Å²) < 4.78 is 2.33. The van der Waals surface area contributed by atoms with Crippen LogP contribution >= 0.6 is 0 Å². The molecule has 3 heterocycles. The number of nitrogens with one attached hydrogen (secondary N) is 1. The van der Waals surface area contributed by atoms with Crippen molar-refractivity contribution in [1.82, 2.24) is 19.9 Å². The Bertz CT molecular complexity index is 497. The first-order valence-electron chi connectivity index (χ1n) is 6.01. The van der Waals surface area contributed by atoms with Crippen LogP contribution in [0.25, 0.3) is 11.4 Å². The van der Waals surface area contributed by atoms with Gasteiger partial charge in [0.05, 0.1) is 0 Å². The Hall–Kier alpha value is -1.68. The third-order valence-corrected chi connectivity index (χ3v) is 3.30. The van der Waals surface area contributed by atoms with Crippen LogP contribution in [0.15, 0.2) is 30.7 Å². The Morgan fingerprint density at radius 2 is 2.35 bits per heavy atom. The van der Waals surface area contributed by atoms with Crippen LogP contribution in [-0.4, -0.2) is 27.6 Å². The van der Waals surface area contributed by atoms with Gasteiger partial charge < -0.3 is 9.88 Å². The molecule has 2 aromatic rings. The number of rotatable bonds is 2. The summed E-state index contributed by atoms with van der Waals surface area (Å²) in [5, 5.41) is 3.40. The molecule has 1 N–H and O–H groups in total. The molecule has 4 nitrogen and oxygen atoms in total. The van der Waals surface area contributed by atoms with E-state index in [-0.39, 0.29) is 0 Å². The average molecular weight is 228 g/mol. The number of hydrogen-bond donors (Lipinski definition) is 1. The van der Waals surface area contributed by atoms with Crippen LogP contribution in [0.4, 0.5) is 0 Å². The molecule has 88 valence electrons. The summed E-state index contributed by atoms with van der Waals surface area (Å²) >= 11 is 0. The fourth-order valence-corrected chi connectivity index (χ4v) is 2.48. The Morgan fingerprint density at radius 1 is 1.41 bits per heavy atom. The number of pyridine rings is 1. The average Bonchev–Trinajstić information content (AvgIpc) is 2.99. The van der Waals surface area contributed by atoms with Gasteiger partial charge in [0.25, 0.3) is 0 Å². The Kier molecular flexibility index (Phi) is 2.65. The van der Waals surface area contributed by atoms with Crippen molar-refractivity contribution in [3.63, 3.8) is 0 Å². The van der Waals surface area contributed by atoms with Crippen LogP contribution in [0.5, 0.6) is 0 Å². The zero-order valence-corrected chi connectivity index (χ0v) is 9.93. The molecule has 1 atom stereocenters. The van der Waals surface area contributed by atoms with Gasteiger partial charge in [0.15, 0.2) is 0 Å². The minimum atomic E-state index is 0.521.